The monoisotopic (exact) mass is 331 g/mol. The van der Waals surface area contributed by atoms with Crippen molar-refractivity contribution in [2.75, 3.05) is 6.54 Å². The van der Waals surface area contributed by atoms with Crippen LogP contribution in [0.2, 0.25) is 0 Å². The number of primary amides is 2. The Labute approximate surface area is 131 Å². The van der Waals surface area contributed by atoms with Crippen molar-refractivity contribution in [3.8, 4) is 0 Å². The molecule has 0 aliphatic carbocycles. The molecule has 0 spiro atoms. The van der Waals surface area contributed by atoms with Crippen molar-refractivity contribution in [1.29, 1.82) is 0 Å². The highest BCUT2D eigenvalue weighted by molar-refractivity contribution is 5.89. The van der Waals surface area contributed by atoms with Gasteiger partial charge in [0.25, 0.3) is 0 Å². The number of hydrogen-bond acceptors (Lipinski definition) is 6. The maximum Gasteiger partial charge on any atom is 0.326 e. The summed E-state index contributed by atoms with van der Waals surface area (Å²) >= 11 is 0. The van der Waals surface area contributed by atoms with Gasteiger partial charge in [0.2, 0.25) is 23.6 Å². The van der Waals surface area contributed by atoms with Gasteiger partial charge in [-0.3, -0.25) is 19.2 Å². The molecule has 0 aliphatic rings. The molecular weight excluding hydrogens is 310 g/mol. The first-order chi connectivity index (χ1) is 10.6. The van der Waals surface area contributed by atoms with E-state index in [-0.39, 0.29) is 25.7 Å². The molecule has 0 aromatic carbocycles. The van der Waals surface area contributed by atoms with E-state index in [1.165, 1.54) is 0 Å². The van der Waals surface area contributed by atoms with E-state index >= 15 is 0 Å². The molecular formula is C12H21N5O6. The van der Waals surface area contributed by atoms with Crippen LogP contribution in [0.25, 0.3) is 0 Å². The minimum Gasteiger partial charge on any atom is -0.480 e. The molecule has 0 bridgehead atoms. The van der Waals surface area contributed by atoms with E-state index in [1.807, 2.05) is 0 Å². The summed E-state index contributed by atoms with van der Waals surface area (Å²) in [6.07, 6.45) is -0.418. The van der Waals surface area contributed by atoms with Gasteiger partial charge in [-0.15, -0.1) is 0 Å². The third-order valence-corrected chi connectivity index (χ3v) is 2.77. The number of nitrogens with two attached hydrogens (primary N) is 3. The van der Waals surface area contributed by atoms with Gasteiger partial charge in [0.15, 0.2) is 0 Å². The predicted octanol–water partition coefficient (Wildman–Crippen LogP) is -3.47. The molecule has 9 N–H and O–H groups in total. The second-order valence-corrected chi connectivity index (χ2v) is 4.79. The Balaban J connectivity index is 4.25. The third kappa shape index (κ3) is 9.79. The smallest absolute Gasteiger partial charge is 0.326 e. The molecule has 4 amide bonds. The summed E-state index contributed by atoms with van der Waals surface area (Å²) in [5, 5.41) is 13.2. The van der Waals surface area contributed by atoms with Gasteiger partial charge in [0.1, 0.15) is 6.04 Å². The third-order valence-electron chi connectivity index (χ3n) is 2.77. The Hall–Kier alpha value is -2.69. The van der Waals surface area contributed by atoms with E-state index in [4.69, 9.17) is 22.3 Å². The molecule has 11 heteroatoms. The minimum atomic E-state index is -1.33. The summed E-state index contributed by atoms with van der Waals surface area (Å²) in [5.74, 6) is -4.07. The summed E-state index contributed by atoms with van der Waals surface area (Å²) in [4.78, 5) is 55.2. The molecule has 0 fully saturated rings. The normalized spacial score (nSPS) is 12.7. The lowest BCUT2D eigenvalue weighted by molar-refractivity contribution is -0.142. The van der Waals surface area contributed by atoms with Crippen LogP contribution in [0.4, 0.5) is 0 Å². The number of hydrogen-bond donors (Lipinski definition) is 6. The standard InChI is InChI=1S/C12H21N5O6/c13-6(1-3-8(14)18)11(21)16-5-10(20)17-7(12(22)23)2-4-9(15)19/h6-7H,1-5,13H2,(H2,14,18)(H2,15,19)(H,16,21)(H,17,20)(H,22,23). The Morgan fingerprint density at radius 1 is 0.957 bits per heavy atom. The SMILES string of the molecule is NC(=O)CCC(N)C(=O)NCC(=O)NC(CCC(N)=O)C(=O)O. The molecule has 0 aromatic heterocycles. The van der Waals surface area contributed by atoms with Crippen molar-refractivity contribution in [3.63, 3.8) is 0 Å². The minimum absolute atomic E-state index is 0.0269. The zero-order valence-electron chi connectivity index (χ0n) is 12.4. The first-order valence-corrected chi connectivity index (χ1v) is 6.75. The van der Waals surface area contributed by atoms with Gasteiger partial charge >= 0.3 is 5.97 Å². The summed E-state index contributed by atoms with van der Waals surface area (Å²) in [5.41, 5.74) is 15.3. The first kappa shape index (κ1) is 20.3. The first-order valence-electron chi connectivity index (χ1n) is 6.75. The summed E-state index contributed by atoms with van der Waals surface area (Å²) < 4.78 is 0. The van der Waals surface area contributed by atoms with E-state index < -0.39 is 48.2 Å². The fourth-order valence-corrected chi connectivity index (χ4v) is 1.52. The van der Waals surface area contributed by atoms with Gasteiger partial charge in [-0.1, -0.05) is 0 Å². The van der Waals surface area contributed by atoms with Crippen LogP contribution < -0.4 is 27.8 Å². The maximum atomic E-state index is 11.6. The molecule has 130 valence electrons. The summed E-state index contributed by atoms with van der Waals surface area (Å²) in [6.45, 7) is -0.497. The molecule has 0 radical (unpaired) electrons. The largest absolute Gasteiger partial charge is 0.480 e. The molecule has 0 saturated carbocycles. The van der Waals surface area contributed by atoms with Gasteiger partial charge in [-0.2, -0.15) is 0 Å². The quantitative estimate of drug-likeness (QED) is 0.225. The number of carboxylic acids is 1. The number of carbonyl (C=O) groups is 5. The summed E-state index contributed by atoms with van der Waals surface area (Å²) in [6, 6.07) is -2.31. The van der Waals surface area contributed by atoms with Crippen molar-refractivity contribution in [1.82, 2.24) is 10.6 Å². The topological polar surface area (TPSA) is 208 Å². The maximum absolute atomic E-state index is 11.6. The second kappa shape index (κ2) is 10.1. The Bertz CT molecular complexity index is 481. The van der Waals surface area contributed by atoms with Crippen molar-refractivity contribution in [2.45, 2.75) is 37.8 Å². The van der Waals surface area contributed by atoms with Gasteiger partial charge in [0, 0.05) is 12.8 Å². The molecule has 0 rings (SSSR count). The van der Waals surface area contributed by atoms with E-state index in [1.54, 1.807) is 0 Å². The Morgan fingerprint density at radius 3 is 1.96 bits per heavy atom. The highest BCUT2D eigenvalue weighted by Crippen LogP contribution is 1.97. The Morgan fingerprint density at radius 2 is 1.48 bits per heavy atom. The molecule has 23 heavy (non-hydrogen) atoms. The molecule has 11 nitrogen and oxygen atoms in total. The zero-order valence-corrected chi connectivity index (χ0v) is 12.4. The highest BCUT2D eigenvalue weighted by atomic mass is 16.4. The average molecular weight is 331 g/mol. The van der Waals surface area contributed by atoms with Crippen LogP contribution in [0.3, 0.4) is 0 Å². The molecule has 0 heterocycles. The molecule has 2 unspecified atom stereocenters. The average Bonchev–Trinajstić information content (AvgIpc) is 2.45. The van der Waals surface area contributed by atoms with E-state index in [9.17, 15) is 24.0 Å². The van der Waals surface area contributed by atoms with Gasteiger partial charge in [0.05, 0.1) is 12.6 Å². The van der Waals surface area contributed by atoms with Crippen molar-refractivity contribution in [2.24, 2.45) is 17.2 Å². The van der Waals surface area contributed by atoms with Crippen LogP contribution in [0.1, 0.15) is 25.7 Å². The van der Waals surface area contributed by atoms with Crippen molar-refractivity contribution in [3.05, 3.63) is 0 Å². The summed E-state index contributed by atoms with van der Waals surface area (Å²) in [7, 11) is 0. The molecule has 0 aromatic rings. The van der Waals surface area contributed by atoms with Crippen LogP contribution >= 0.6 is 0 Å². The van der Waals surface area contributed by atoms with E-state index in [0.717, 1.165) is 0 Å². The molecule has 2 atom stereocenters. The highest BCUT2D eigenvalue weighted by Gasteiger charge is 2.21. The lowest BCUT2D eigenvalue weighted by Crippen LogP contribution is -2.48. The van der Waals surface area contributed by atoms with Gasteiger partial charge < -0.3 is 32.9 Å². The fraction of sp³-hybridized carbons (Fsp3) is 0.583. The number of nitrogens with one attached hydrogen (secondary N) is 2. The Kier molecular flexibility index (Phi) is 8.92. The number of carboxylic acid groups (broad SMARTS) is 1. The van der Waals surface area contributed by atoms with E-state index in [2.05, 4.69) is 10.6 Å². The van der Waals surface area contributed by atoms with Gasteiger partial charge in [-0.05, 0) is 12.8 Å². The van der Waals surface area contributed by atoms with Gasteiger partial charge in [-0.25, -0.2) is 4.79 Å². The van der Waals surface area contributed by atoms with Crippen LogP contribution in [0.15, 0.2) is 0 Å². The van der Waals surface area contributed by atoms with Crippen molar-refractivity contribution < 1.29 is 29.1 Å². The van der Waals surface area contributed by atoms with Crippen LogP contribution in [0.5, 0.6) is 0 Å². The lowest BCUT2D eigenvalue weighted by atomic mass is 10.1. The van der Waals surface area contributed by atoms with Crippen LogP contribution in [-0.2, 0) is 24.0 Å². The molecule has 0 saturated heterocycles. The predicted molar refractivity (Wildman–Crippen MR) is 77.4 cm³/mol. The van der Waals surface area contributed by atoms with Crippen molar-refractivity contribution >= 4 is 29.6 Å². The van der Waals surface area contributed by atoms with E-state index in [0.29, 0.717) is 0 Å². The van der Waals surface area contributed by atoms with Crippen LogP contribution in [-0.4, -0.2) is 53.3 Å². The lowest BCUT2D eigenvalue weighted by Gasteiger charge is -2.15. The number of aliphatic carboxylic acids is 1. The number of carbonyl (C=O) groups excluding carboxylic acids is 4. The number of rotatable bonds is 11. The number of amides is 4. The fourth-order valence-electron chi connectivity index (χ4n) is 1.52. The van der Waals surface area contributed by atoms with Crippen LogP contribution in [0, 0.1) is 0 Å². The molecule has 0 aliphatic heterocycles. The second-order valence-electron chi connectivity index (χ2n) is 4.79. The zero-order chi connectivity index (χ0) is 18.0.